The highest BCUT2D eigenvalue weighted by Gasteiger charge is 2.08. The summed E-state index contributed by atoms with van der Waals surface area (Å²) in [5.41, 5.74) is 2.55. The standard InChI is InChI=1S/C15H25NO/c1-4-9-16-15(11-17)14-7-5-13(6-8-14)10-12(2)3/h5-8,12,15-17H,4,9-11H2,1-3H3. The Bertz CT molecular complexity index is 305. The van der Waals surface area contributed by atoms with Crippen LogP contribution in [0.2, 0.25) is 0 Å². The molecule has 0 bridgehead atoms. The Morgan fingerprint density at radius 2 is 1.82 bits per heavy atom. The maximum Gasteiger partial charge on any atom is 0.0626 e. The van der Waals surface area contributed by atoms with Crippen LogP contribution in [0.3, 0.4) is 0 Å². The molecule has 0 saturated heterocycles. The molecule has 1 atom stereocenters. The topological polar surface area (TPSA) is 32.3 Å². The van der Waals surface area contributed by atoms with E-state index in [-0.39, 0.29) is 12.6 Å². The van der Waals surface area contributed by atoms with Gasteiger partial charge < -0.3 is 10.4 Å². The van der Waals surface area contributed by atoms with Crippen LogP contribution in [0.25, 0.3) is 0 Å². The molecule has 0 aromatic heterocycles. The number of rotatable bonds is 7. The molecule has 0 saturated carbocycles. The Morgan fingerprint density at radius 1 is 1.18 bits per heavy atom. The summed E-state index contributed by atoms with van der Waals surface area (Å²) in [5, 5.41) is 12.7. The van der Waals surface area contributed by atoms with E-state index in [1.807, 2.05) is 0 Å². The van der Waals surface area contributed by atoms with Crippen LogP contribution in [0.15, 0.2) is 24.3 Å². The number of aliphatic hydroxyl groups excluding tert-OH is 1. The van der Waals surface area contributed by atoms with Gasteiger partial charge in [0.05, 0.1) is 12.6 Å². The Balaban J connectivity index is 2.64. The van der Waals surface area contributed by atoms with Gasteiger partial charge in [0.2, 0.25) is 0 Å². The van der Waals surface area contributed by atoms with Crippen LogP contribution >= 0.6 is 0 Å². The summed E-state index contributed by atoms with van der Waals surface area (Å²) in [4.78, 5) is 0. The van der Waals surface area contributed by atoms with Gasteiger partial charge in [-0.05, 0) is 36.4 Å². The quantitative estimate of drug-likeness (QED) is 0.761. The van der Waals surface area contributed by atoms with Gasteiger partial charge in [0, 0.05) is 0 Å². The number of nitrogens with one attached hydrogen (secondary N) is 1. The molecule has 0 aliphatic rings. The Hall–Kier alpha value is -0.860. The predicted molar refractivity (Wildman–Crippen MR) is 73.1 cm³/mol. The number of hydrogen-bond acceptors (Lipinski definition) is 2. The molecule has 1 unspecified atom stereocenters. The lowest BCUT2D eigenvalue weighted by atomic mass is 9.99. The molecule has 2 N–H and O–H groups in total. The third-order valence-corrected chi connectivity index (χ3v) is 2.85. The van der Waals surface area contributed by atoms with Crippen LogP contribution in [-0.4, -0.2) is 18.3 Å². The molecule has 2 nitrogen and oxygen atoms in total. The van der Waals surface area contributed by atoms with Crippen molar-refractivity contribution >= 4 is 0 Å². The van der Waals surface area contributed by atoms with Crippen molar-refractivity contribution in [1.82, 2.24) is 5.32 Å². The van der Waals surface area contributed by atoms with Crippen LogP contribution in [0.4, 0.5) is 0 Å². The minimum atomic E-state index is 0.0723. The third-order valence-electron chi connectivity index (χ3n) is 2.85. The van der Waals surface area contributed by atoms with Gasteiger partial charge in [-0.2, -0.15) is 0 Å². The first kappa shape index (κ1) is 14.2. The summed E-state index contributed by atoms with van der Waals surface area (Å²) in [6.45, 7) is 7.69. The monoisotopic (exact) mass is 235 g/mol. The first-order chi connectivity index (χ1) is 8.17. The molecular formula is C15H25NO. The van der Waals surface area contributed by atoms with Crippen molar-refractivity contribution in [2.24, 2.45) is 5.92 Å². The SMILES string of the molecule is CCCNC(CO)c1ccc(CC(C)C)cc1. The van der Waals surface area contributed by atoms with Crippen molar-refractivity contribution in [1.29, 1.82) is 0 Å². The first-order valence-corrected chi connectivity index (χ1v) is 6.60. The van der Waals surface area contributed by atoms with Crippen molar-refractivity contribution in [3.8, 4) is 0 Å². The molecule has 0 spiro atoms. The van der Waals surface area contributed by atoms with E-state index in [0.29, 0.717) is 5.92 Å². The number of benzene rings is 1. The fraction of sp³-hybridized carbons (Fsp3) is 0.600. The van der Waals surface area contributed by atoms with E-state index >= 15 is 0 Å². The summed E-state index contributed by atoms with van der Waals surface area (Å²) in [6.07, 6.45) is 2.20. The molecule has 1 aromatic rings. The van der Waals surface area contributed by atoms with Gasteiger partial charge in [-0.25, -0.2) is 0 Å². The zero-order chi connectivity index (χ0) is 12.7. The summed E-state index contributed by atoms with van der Waals surface area (Å²) < 4.78 is 0. The van der Waals surface area contributed by atoms with Gasteiger partial charge >= 0.3 is 0 Å². The van der Waals surface area contributed by atoms with Crippen molar-refractivity contribution in [3.63, 3.8) is 0 Å². The summed E-state index contributed by atoms with van der Waals surface area (Å²) in [7, 11) is 0. The Morgan fingerprint density at radius 3 is 2.29 bits per heavy atom. The maximum absolute atomic E-state index is 9.36. The molecule has 96 valence electrons. The number of hydrogen-bond donors (Lipinski definition) is 2. The number of aliphatic hydroxyl groups is 1. The molecule has 0 amide bonds. The molecule has 0 fully saturated rings. The fourth-order valence-electron chi connectivity index (χ4n) is 1.96. The molecule has 2 heteroatoms. The predicted octanol–water partition coefficient (Wildman–Crippen LogP) is 2.92. The Labute approximate surface area is 105 Å². The highest BCUT2D eigenvalue weighted by Crippen LogP contribution is 2.15. The molecule has 1 rings (SSSR count). The highest BCUT2D eigenvalue weighted by atomic mass is 16.3. The van der Waals surface area contributed by atoms with E-state index in [4.69, 9.17) is 0 Å². The van der Waals surface area contributed by atoms with Gasteiger partial charge in [0.15, 0.2) is 0 Å². The zero-order valence-electron chi connectivity index (χ0n) is 11.2. The van der Waals surface area contributed by atoms with E-state index in [9.17, 15) is 5.11 Å². The molecule has 0 aliphatic heterocycles. The first-order valence-electron chi connectivity index (χ1n) is 6.60. The Kier molecular flexibility index (Phi) is 6.23. The third kappa shape index (κ3) is 4.88. The van der Waals surface area contributed by atoms with Crippen LogP contribution in [0.5, 0.6) is 0 Å². The van der Waals surface area contributed by atoms with Crippen LogP contribution in [0, 0.1) is 5.92 Å². The fourth-order valence-corrected chi connectivity index (χ4v) is 1.96. The van der Waals surface area contributed by atoms with E-state index in [1.54, 1.807) is 0 Å². The van der Waals surface area contributed by atoms with Gasteiger partial charge in [-0.15, -0.1) is 0 Å². The molecular weight excluding hydrogens is 210 g/mol. The maximum atomic E-state index is 9.36. The average Bonchev–Trinajstić information content (AvgIpc) is 2.31. The van der Waals surface area contributed by atoms with Crippen molar-refractivity contribution in [2.75, 3.05) is 13.2 Å². The lowest BCUT2D eigenvalue weighted by Gasteiger charge is -2.16. The molecule has 0 aliphatic carbocycles. The lowest BCUT2D eigenvalue weighted by Crippen LogP contribution is -2.25. The van der Waals surface area contributed by atoms with Crippen LogP contribution in [0.1, 0.15) is 44.4 Å². The van der Waals surface area contributed by atoms with Gasteiger partial charge in [0.1, 0.15) is 0 Å². The van der Waals surface area contributed by atoms with Gasteiger partial charge in [0.25, 0.3) is 0 Å². The molecule has 0 radical (unpaired) electrons. The van der Waals surface area contributed by atoms with E-state index in [1.165, 1.54) is 11.1 Å². The molecule has 17 heavy (non-hydrogen) atoms. The second-order valence-electron chi connectivity index (χ2n) is 5.03. The van der Waals surface area contributed by atoms with Crippen molar-refractivity contribution < 1.29 is 5.11 Å². The zero-order valence-corrected chi connectivity index (χ0v) is 11.2. The summed E-state index contributed by atoms with van der Waals surface area (Å²) >= 11 is 0. The van der Waals surface area contributed by atoms with E-state index in [0.717, 1.165) is 19.4 Å². The highest BCUT2D eigenvalue weighted by molar-refractivity contribution is 5.25. The second kappa shape index (κ2) is 7.46. The van der Waals surface area contributed by atoms with Gasteiger partial charge in [-0.1, -0.05) is 45.0 Å². The normalized spacial score (nSPS) is 13.0. The smallest absolute Gasteiger partial charge is 0.0626 e. The van der Waals surface area contributed by atoms with Gasteiger partial charge in [-0.3, -0.25) is 0 Å². The van der Waals surface area contributed by atoms with Crippen molar-refractivity contribution in [2.45, 2.75) is 39.7 Å². The minimum Gasteiger partial charge on any atom is -0.394 e. The van der Waals surface area contributed by atoms with Crippen LogP contribution < -0.4 is 5.32 Å². The van der Waals surface area contributed by atoms with Crippen molar-refractivity contribution in [3.05, 3.63) is 35.4 Å². The lowest BCUT2D eigenvalue weighted by molar-refractivity contribution is 0.245. The summed E-state index contributed by atoms with van der Waals surface area (Å²) in [5.74, 6) is 0.688. The largest absolute Gasteiger partial charge is 0.394 e. The average molecular weight is 235 g/mol. The second-order valence-corrected chi connectivity index (χ2v) is 5.03. The molecule has 1 aromatic carbocycles. The van der Waals surface area contributed by atoms with Crippen LogP contribution in [-0.2, 0) is 6.42 Å². The van der Waals surface area contributed by atoms with E-state index < -0.39 is 0 Å². The minimum absolute atomic E-state index is 0.0723. The molecule has 0 heterocycles. The van der Waals surface area contributed by atoms with E-state index in [2.05, 4.69) is 50.4 Å². The summed E-state index contributed by atoms with van der Waals surface area (Å²) in [6, 6.07) is 8.67.